The van der Waals surface area contributed by atoms with Gasteiger partial charge >= 0.3 is 0 Å². The first kappa shape index (κ1) is 104. The minimum Gasteiger partial charge on any atom is -0.508 e. The van der Waals surface area contributed by atoms with Crippen molar-refractivity contribution in [1.29, 1.82) is 10.8 Å². The Morgan fingerprint density at radius 1 is 0.426 bits per heavy atom. The average Bonchev–Trinajstić information content (AvgIpc) is 0.842. The number of benzene rings is 5. The van der Waals surface area contributed by atoms with E-state index in [4.69, 9.17) is 33.8 Å². The minimum atomic E-state index is -1.95. The lowest BCUT2D eigenvalue weighted by Gasteiger charge is -2.29. The van der Waals surface area contributed by atoms with Crippen LogP contribution >= 0.6 is 21.6 Å². The Morgan fingerprint density at radius 2 is 0.806 bits per heavy atom. The van der Waals surface area contributed by atoms with Crippen molar-refractivity contribution < 1.29 is 102 Å². The standard InChI is InChI=1S/C84H114N22O21S2/c1-43-70(115)97-57(35-48-17-9-6-10-18-48)75(120)104-64(79(124)100-61(39-52-27-31-54(112)32-28-52)77(122)105-67(45(3)108)80(125)95-55(69(86)114)23-15-33-91-83(87)88)42-129-128-41-63(103-76(121)60(38-51-25-29-53(111)30-26-51)102-81(126)68(46(4)109)106-82(127)66(44(2)107)94-47(5)110)78(123)96-56(24-16-34-92-84(89)90)71(116)98-58(36-49-19-11-7-12-20-49)73(118)99-59(37-50-21-13-8-14-22-50)74(119)101-62(40-65(85)113)72(117)93-43/h6-14,17-22,25-32,43-46,55-64,66-68,107-109,111-112H,15-16,23-24,33-42H2,1-5H3,(H2,85,113)(H2,86,114)(H,93,117)(H,94,110)(H,95,125)(H,96,123)(H,97,115)(H,98,116)(H,99,118)(H,100,124)(H,101,119)(H,102,126)(H,103,121)(H,104,120)(H,105,122)(H,106,127)(H4,87,88,91)(H4,89,90,92)/t43-,44+,45+,46+,55-,56-,57-,58-,59-,60-,61-,62-,63-,64-,66-,67-,68-/m0/s1. The van der Waals surface area contributed by atoms with Gasteiger partial charge < -0.3 is 134 Å². The lowest BCUT2D eigenvalue weighted by molar-refractivity contribution is -0.137. The second-order valence-corrected chi connectivity index (χ2v) is 33.2. The molecule has 17 atom stereocenters. The van der Waals surface area contributed by atoms with Crippen molar-refractivity contribution in [2.45, 2.75) is 202 Å². The van der Waals surface area contributed by atoms with E-state index in [0.29, 0.717) is 38.3 Å². The van der Waals surface area contributed by atoms with Gasteiger partial charge in [-0.25, -0.2) is 0 Å². The highest BCUT2D eigenvalue weighted by molar-refractivity contribution is 8.76. The zero-order chi connectivity index (χ0) is 95.1. The molecule has 0 aliphatic carbocycles. The fraction of sp³-hybridized carbons (Fsp3) is 0.429. The van der Waals surface area contributed by atoms with Crippen LogP contribution in [0.5, 0.6) is 11.5 Å². The molecule has 5 aromatic carbocycles. The summed E-state index contributed by atoms with van der Waals surface area (Å²) >= 11 is 0. The molecular weight excluding hydrogens is 1720 g/mol. The van der Waals surface area contributed by atoms with Crippen molar-refractivity contribution >= 4 is 128 Å². The second-order valence-electron chi connectivity index (χ2n) is 30.6. The van der Waals surface area contributed by atoms with E-state index >= 15 is 28.8 Å². The van der Waals surface area contributed by atoms with Gasteiger partial charge in [-0.1, -0.05) is 137 Å². The number of aliphatic hydroxyl groups is 3. The predicted molar refractivity (Wildman–Crippen MR) is 474 cm³/mol. The number of phenolic OH excluding ortho intramolecular Hbond substituents is 2. The van der Waals surface area contributed by atoms with Gasteiger partial charge in [-0.3, -0.25) is 87.5 Å². The topological polar surface area (TPSA) is 719 Å². The van der Waals surface area contributed by atoms with Crippen molar-refractivity contribution in [3.05, 3.63) is 167 Å². The highest BCUT2D eigenvalue weighted by Crippen LogP contribution is 2.25. The largest absolute Gasteiger partial charge is 0.508 e. The molecule has 698 valence electrons. The van der Waals surface area contributed by atoms with Crippen LogP contribution in [0, 0.1) is 10.8 Å². The van der Waals surface area contributed by atoms with E-state index in [9.17, 15) is 73.5 Å². The van der Waals surface area contributed by atoms with Gasteiger partial charge in [0, 0.05) is 63.6 Å². The fourth-order valence-electron chi connectivity index (χ4n) is 13.0. The Hall–Kier alpha value is -13.7. The summed E-state index contributed by atoms with van der Waals surface area (Å²) < 4.78 is 0. The van der Waals surface area contributed by atoms with Gasteiger partial charge in [0.2, 0.25) is 94.5 Å². The molecule has 31 N–H and O–H groups in total. The molecule has 129 heavy (non-hydrogen) atoms. The Morgan fingerprint density at radius 3 is 1.25 bits per heavy atom. The molecule has 6 rings (SSSR count). The van der Waals surface area contributed by atoms with Crippen LogP contribution < -0.4 is 108 Å². The normalized spacial score (nSPS) is 20.2. The monoisotopic (exact) mass is 1830 g/mol. The van der Waals surface area contributed by atoms with E-state index in [0.717, 1.165) is 27.7 Å². The summed E-state index contributed by atoms with van der Waals surface area (Å²) in [6.45, 7) is 5.55. The Labute approximate surface area is 750 Å². The maximum atomic E-state index is 15.7. The van der Waals surface area contributed by atoms with Crippen LogP contribution in [-0.4, -0.2) is 259 Å². The highest BCUT2D eigenvalue weighted by Gasteiger charge is 2.41. The van der Waals surface area contributed by atoms with Gasteiger partial charge in [-0.2, -0.15) is 0 Å². The van der Waals surface area contributed by atoms with Gasteiger partial charge in [0.1, 0.15) is 96.1 Å². The smallest absolute Gasteiger partial charge is 0.245 e. The van der Waals surface area contributed by atoms with Crippen LogP contribution in [0.3, 0.4) is 0 Å². The SMILES string of the molecule is CC(=O)N[C@H](C(=O)N[C@H](C(=O)N[C@@H](Cc1ccc(O)cc1)C(=O)N[C@H]1CSSC[C@@H](C(=O)N[C@@H](Cc2ccc(O)cc2)C(=O)N[C@H](C(=O)N[C@@H](CCCNC(=N)N)C(N)=O)[C@@H](C)O)NC(=O)[C@H](Cc2ccccc2)NC(=O)[C@H](C)NC(=O)[C@H](CC(N)=O)NC(=O)[C@H](Cc2ccccc2)NC(=O)[C@H](Cc2ccccc2)NC(=O)[C@H](CCCNC(=N)N)NC1=O)[C@@H](C)O)[C@@H](C)O. The number of guanidine groups is 2. The van der Waals surface area contributed by atoms with Crippen molar-refractivity contribution in [2.75, 3.05) is 24.6 Å². The van der Waals surface area contributed by atoms with Crippen molar-refractivity contribution in [2.24, 2.45) is 22.9 Å². The third kappa shape index (κ3) is 36.3. The number of hydrogen-bond acceptors (Lipinski definition) is 25. The molecule has 5 aromatic rings. The summed E-state index contributed by atoms with van der Waals surface area (Å²) in [5.41, 5.74) is 24.1. The van der Waals surface area contributed by atoms with E-state index in [1.165, 1.54) is 55.5 Å². The molecule has 0 spiro atoms. The number of carbonyl (C=O) groups is 16. The molecule has 1 fully saturated rings. The van der Waals surface area contributed by atoms with E-state index < -0.39 is 234 Å². The number of amides is 16. The lowest BCUT2D eigenvalue weighted by Crippen LogP contribution is -2.63. The number of carbonyl (C=O) groups excluding carboxylic acids is 16. The Kier molecular flexibility index (Phi) is 42.3. The third-order valence-corrected chi connectivity index (χ3v) is 22.3. The van der Waals surface area contributed by atoms with Gasteiger partial charge in [0.25, 0.3) is 0 Å². The molecule has 1 heterocycles. The van der Waals surface area contributed by atoms with Gasteiger partial charge in [-0.05, 0) is 105 Å². The first-order valence-corrected chi connectivity index (χ1v) is 43.6. The Bertz CT molecular complexity index is 4700. The first-order chi connectivity index (χ1) is 61.1. The summed E-state index contributed by atoms with van der Waals surface area (Å²) in [4.78, 5) is 232. The summed E-state index contributed by atoms with van der Waals surface area (Å²) in [5, 5.41) is 109. The van der Waals surface area contributed by atoms with Crippen LogP contribution in [-0.2, 0) is 109 Å². The number of primary amides is 2. The maximum absolute atomic E-state index is 15.7. The van der Waals surface area contributed by atoms with Crippen LogP contribution in [0.4, 0.5) is 0 Å². The second kappa shape index (κ2) is 52.5. The molecule has 0 bridgehead atoms. The summed E-state index contributed by atoms with van der Waals surface area (Å²) in [7, 11) is 1.42. The number of phenols is 2. The number of aromatic hydroxyl groups is 2. The Balaban J connectivity index is 1.56. The maximum Gasteiger partial charge on any atom is 0.245 e. The molecule has 16 amide bonds. The van der Waals surface area contributed by atoms with Crippen LogP contribution in [0.1, 0.15) is 94.5 Å². The lowest BCUT2D eigenvalue weighted by atomic mass is 10.0. The van der Waals surface area contributed by atoms with Crippen molar-refractivity contribution in [3.8, 4) is 11.5 Å². The zero-order valence-corrected chi connectivity index (χ0v) is 73.0. The van der Waals surface area contributed by atoms with Crippen LogP contribution in [0.15, 0.2) is 140 Å². The van der Waals surface area contributed by atoms with Crippen LogP contribution in [0.25, 0.3) is 0 Å². The van der Waals surface area contributed by atoms with E-state index in [2.05, 4.69) is 85.1 Å². The first-order valence-electron chi connectivity index (χ1n) is 41.1. The molecule has 0 radical (unpaired) electrons. The van der Waals surface area contributed by atoms with E-state index in [1.54, 1.807) is 91.0 Å². The van der Waals surface area contributed by atoms with E-state index in [1.807, 2.05) is 0 Å². The predicted octanol–water partition coefficient (Wildman–Crippen LogP) is -6.14. The molecule has 43 nitrogen and oxygen atoms in total. The van der Waals surface area contributed by atoms with Gasteiger partial charge in [-0.15, -0.1) is 0 Å². The number of aliphatic hydroxyl groups excluding tert-OH is 3. The van der Waals surface area contributed by atoms with E-state index in [-0.39, 0.29) is 86.6 Å². The fourth-order valence-corrected chi connectivity index (χ4v) is 15.3. The molecule has 0 unspecified atom stereocenters. The van der Waals surface area contributed by atoms with Gasteiger partial charge in [0.15, 0.2) is 11.9 Å². The van der Waals surface area contributed by atoms with Crippen molar-refractivity contribution in [3.63, 3.8) is 0 Å². The number of nitrogens with one attached hydrogen (secondary N) is 18. The molecule has 1 aliphatic rings. The minimum absolute atomic E-state index is 0.0668. The average molecular weight is 1830 g/mol. The number of rotatable bonds is 37. The molecule has 45 heteroatoms. The third-order valence-electron chi connectivity index (χ3n) is 19.9. The molecular formula is C84H114N22O21S2. The summed E-state index contributed by atoms with van der Waals surface area (Å²) in [5.74, 6) is -20.5. The quantitative estimate of drug-likeness (QED) is 0.00761. The molecule has 1 saturated heterocycles. The van der Waals surface area contributed by atoms with Crippen LogP contribution in [0.2, 0.25) is 0 Å². The number of hydrogen-bond donors (Lipinski definition) is 27. The molecule has 1 aliphatic heterocycles. The van der Waals surface area contributed by atoms with Gasteiger partial charge in [0.05, 0.1) is 24.7 Å². The molecule has 0 aromatic heterocycles. The summed E-state index contributed by atoms with van der Waals surface area (Å²) in [6.07, 6.45) is -8.43. The molecule has 0 saturated carbocycles. The number of nitrogens with two attached hydrogens (primary N) is 4. The highest BCUT2D eigenvalue weighted by atomic mass is 33.1. The zero-order valence-electron chi connectivity index (χ0n) is 71.4. The van der Waals surface area contributed by atoms with Crippen molar-refractivity contribution in [1.82, 2.24) is 85.1 Å². The summed E-state index contributed by atoms with van der Waals surface area (Å²) in [6, 6.07) is 9.88.